The van der Waals surface area contributed by atoms with E-state index in [0.29, 0.717) is 25.1 Å². The average Bonchev–Trinajstić information content (AvgIpc) is 3.40. The number of carbonyl (C=O) groups is 2. The maximum absolute atomic E-state index is 13.3. The lowest BCUT2D eigenvalue weighted by Gasteiger charge is -2.40. The first kappa shape index (κ1) is 20.6. The van der Waals surface area contributed by atoms with Crippen molar-refractivity contribution in [2.24, 2.45) is 0 Å². The zero-order valence-electron chi connectivity index (χ0n) is 16.8. The number of furan rings is 1. The summed E-state index contributed by atoms with van der Waals surface area (Å²) < 4.78 is 5.50. The topological polar surface area (TPSA) is 62.6 Å². The Balaban J connectivity index is 1.81. The number of nitrogens with one attached hydrogen (secondary N) is 1. The quantitative estimate of drug-likeness (QED) is 0.706. The Labute approximate surface area is 171 Å². The van der Waals surface area contributed by atoms with E-state index < -0.39 is 5.54 Å². The van der Waals surface area contributed by atoms with Crippen LogP contribution < -0.4 is 5.32 Å². The third-order valence-electron chi connectivity index (χ3n) is 5.81. The van der Waals surface area contributed by atoms with Gasteiger partial charge in [-0.05, 0) is 49.8 Å². The van der Waals surface area contributed by atoms with E-state index in [1.807, 2.05) is 43.5 Å². The third-order valence-corrected chi connectivity index (χ3v) is 6.69. The normalized spacial score (nSPS) is 17.1. The third kappa shape index (κ3) is 4.85. The van der Waals surface area contributed by atoms with Crippen LogP contribution >= 0.6 is 11.3 Å². The van der Waals surface area contributed by atoms with E-state index in [4.69, 9.17) is 4.42 Å². The Morgan fingerprint density at radius 2 is 2.04 bits per heavy atom. The molecule has 1 fully saturated rings. The van der Waals surface area contributed by atoms with Gasteiger partial charge in [-0.15, -0.1) is 11.3 Å². The maximum atomic E-state index is 13.3. The molecule has 1 N–H and O–H groups in total. The van der Waals surface area contributed by atoms with Gasteiger partial charge in [-0.2, -0.15) is 0 Å². The molecule has 1 aliphatic rings. The van der Waals surface area contributed by atoms with Crippen molar-refractivity contribution in [1.29, 1.82) is 0 Å². The van der Waals surface area contributed by atoms with E-state index >= 15 is 0 Å². The fourth-order valence-corrected chi connectivity index (χ4v) is 4.51. The highest BCUT2D eigenvalue weighted by molar-refractivity contribution is 7.10. The molecule has 0 aromatic carbocycles. The summed E-state index contributed by atoms with van der Waals surface area (Å²) in [5.41, 5.74) is -0.918. The fourth-order valence-electron chi connectivity index (χ4n) is 3.82. The molecule has 1 aliphatic carbocycles. The molecule has 0 saturated heterocycles. The zero-order chi connectivity index (χ0) is 20.0. The van der Waals surface area contributed by atoms with E-state index in [-0.39, 0.29) is 17.9 Å². The van der Waals surface area contributed by atoms with Crippen molar-refractivity contribution in [2.45, 2.75) is 76.9 Å². The number of hydrogen-bond acceptors (Lipinski definition) is 4. The highest BCUT2D eigenvalue weighted by Crippen LogP contribution is 2.26. The fraction of sp³-hybridized carbons (Fsp3) is 0.545. The molecule has 2 aromatic rings. The molecular formula is C22H30N2O3S. The van der Waals surface area contributed by atoms with Crippen LogP contribution in [0.3, 0.4) is 0 Å². The molecule has 1 atom stereocenters. The molecule has 0 aliphatic heterocycles. The highest BCUT2D eigenvalue weighted by atomic mass is 32.1. The maximum Gasteiger partial charge on any atom is 0.245 e. The predicted molar refractivity (Wildman–Crippen MR) is 111 cm³/mol. The first-order chi connectivity index (χ1) is 13.5. The number of rotatable bonds is 8. The molecule has 6 heteroatoms. The largest absolute Gasteiger partial charge is 0.467 e. The second-order valence-corrected chi connectivity index (χ2v) is 8.78. The Morgan fingerprint density at radius 3 is 2.64 bits per heavy atom. The Bertz CT molecular complexity index is 751. The van der Waals surface area contributed by atoms with E-state index in [0.717, 1.165) is 30.6 Å². The van der Waals surface area contributed by atoms with Crippen LogP contribution in [0, 0.1) is 0 Å². The molecule has 2 heterocycles. The molecule has 0 unspecified atom stereocenters. The van der Waals surface area contributed by atoms with Crippen LogP contribution in [0.4, 0.5) is 0 Å². The van der Waals surface area contributed by atoms with Crippen molar-refractivity contribution in [1.82, 2.24) is 10.2 Å². The van der Waals surface area contributed by atoms with E-state index in [9.17, 15) is 9.59 Å². The minimum absolute atomic E-state index is 0.0537. The zero-order valence-corrected chi connectivity index (χ0v) is 17.6. The molecule has 2 aromatic heterocycles. The molecule has 0 spiro atoms. The predicted octanol–water partition coefficient (Wildman–Crippen LogP) is 4.53. The van der Waals surface area contributed by atoms with Gasteiger partial charge in [0.1, 0.15) is 11.3 Å². The first-order valence-corrected chi connectivity index (χ1v) is 11.1. The van der Waals surface area contributed by atoms with Gasteiger partial charge in [0, 0.05) is 10.9 Å². The number of carbonyl (C=O) groups excluding carboxylic acids is 2. The minimum atomic E-state index is -0.918. The van der Waals surface area contributed by atoms with Gasteiger partial charge in [-0.1, -0.05) is 32.3 Å². The van der Waals surface area contributed by atoms with Crippen molar-refractivity contribution in [3.63, 3.8) is 0 Å². The standard InChI is InChI=1S/C22H30N2O3S/c1-3-22(2,21(26)23-17-9-5-4-6-10-17)24(16-18-11-7-13-27-18)20(25)15-19-12-8-14-28-19/h7-8,11-14,17H,3-6,9-10,15-16H2,1-2H3,(H,23,26)/t22-/m1/s1. The molecule has 5 nitrogen and oxygen atoms in total. The molecule has 2 amide bonds. The summed E-state index contributed by atoms with van der Waals surface area (Å²) in [6.07, 6.45) is 8.03. The van der Waals surface area contributed by atoms with E-state index in [2.05, 4.69) is 5.32 Å². The molecule has 0 bridgehead atoms. The summed E-state index contributed by atoms with van der Waals surface area (Å²) >= 11 is 1.56. The van der Waals surface area contributed by atoms with Gasteiger partial charge >= 0.3 is 0 Å². The summed E-state index contributed by atoms with van der Waals surface area (Å²) in [6, 6.07) is 7.77. The summed E-state index contributed by atoms with van der Waals surface area (Å²) in [5.74, 6) is 0.569. The van der Waals surface area contributed by atoms with Crippen LogP contribution in [-0.2, 0) is 22.6 Å². The smallest absolute Gasteiger partial charge is 0.245 e. The van der Waals surface area contributed by atoms with Gasteiger partial charge < -0.3 is 14.6 Å². The summed E-state index contributed by atoms with van der Waals surface area (Å²) in [6.45, 7) is 4.13. The Morgan fingerprint density at radius 1 is 1.25 bits per heavy atom. The minimum Gasteiger partial charge on any atom is -0.467 e. The van der Waals surface area contributed by atoms with Crippen LogP contribution in [-0.4, -0.2) is 28.3 Å². The molecule has 0 radical (unpaired) electrons. The average molecular weight is 403 g/mol. The second kappa shape index (κ2) is 9.41. The SMILES string of the molecule is CC[C@](C)(C(=O)NC1CCCCC1)N(Cc1ccco1)C(=O)Cc1cccs1. The van der Waals surface area contributed by atoms with Crippen LogP contribution in [0.5, 0.6) is 0 Å². The number of thiophene rings is 1. The van der Waals surface area contributed by atoms with Crippen molar-refractivity contribution < 1.29 is 14.0 Å². The van der Waals surface area contributed by atoms with Crippen molar-refractivity contribution in [3.8, 4) is 0 Å². The molecule has 28 heavy (non-hydrogen) atoms. The van der Waals surface area contributed by atoms with E-state index in [1.54, 1.807) is 22.5 Å². The van der Waals surface area contributed by atoms with Crippen molar-refractivity contribution in [2.75, 3.05) is 0 Å². The van der Waals surface area contributed by atoms with Crippen LogP contribution in [0.25, 0.3) is 0 Å². The van der Waals surface area contributed by atoms with Crippen LogP contribution in [0.2, 0.25) is 0 Å². The molecule has 152 valence electrons. The summed E-state index contributed by atoms with van der Waals surface area (Å²) in [5, 5.41) is 5.19. The van der Waals surface area contributed by atoms with Gasteiger partial charge in [0.2, 0.25) is 11.8 Å². The summed E-state index contributed by atoms with van der Waals surface area (Å²) in [7, 11) is 0. The van der Waals surface area contributed by atoms with Crippen LogP contribution in [0.15, 0.2) is 40.3 Å². The monoisotopic (exact) mass is 402 g/mol. The van der Waals surface area contributed by atoms with Crippen molar-refractivity contribution in [3.05, 3.63) is 46.5 Å². The number of hydrogen-bond donors (Lipinski definition) is 1. The molecular weight excluding hydrogens is 372 g/mol. The van der Waals surface area contributed by atoms with Gasteiger partial charge in [0.25, 0.3) is 0 Å². The van der Waals surface area contributed by atoms with Crippen molar-refractivity contribution >= 4 is 23.2 Å². The van der Waals surface area contributed by atoms with Gasteiger partial charge in [0.05, 0.1) is 19.2 Å². The number of nitrogens with zero attached hydrogens (tertiary/aromatic N) is 1. The molecule has 1 saturated carbocycles. The Kier molecular flexibility index (Phi) is 6.94. The Hall–Kier alpha value is -2.08. The highest BCUT2D eigenvalue weighted by Gasteiger charge is 2.41. The van der Waals surface area contributed by atoms with Gasteiger partial charge in [0.15, 0.2) is 0 Å². The van der Waals surface area contributed by atoms with E-state index in [1.165, 1.54) is 6.42 Å². The van der Waals surface area contributed by atoms with Gasteiger partial charge in [-0.3, -0.25) is 9.59 Å². The second-order valence-electron chi connectivity index (χ2n) is 7.75. The first-order valence-electron chi connectivity index (χ1n) is 10.2. The molecule has 3 rings (SSSR count). The lowest BCUT2D eigenvalue weighted by atomic mass is 9.91. The lowest BCUT2D eigenvalue weighted by Crippen LogP contribution is -2.60. The van der Waals surface area contributed by atoms with Crippen LogP contribution in [0.1, 0.15) is 63.0 Å². The lowest BCUT2D eigenvalue weighted by molar-refractivity contribution is -0.148. The number of amides is 2. The van der Waals surface area contributed by atoms with Gasteiger partial charge in [-0.25, -0.2) is 0 Å². The summed E-state index contributed by atoms with van der Waals surface area (Å²) in [4.78, 5) is 29.3.